The predicted octanol–water partition coefficient (Wildman–Crippen LogP) is 2.16. The molecule has 118 valence electrons. The Bertz CT molecular complexity index is 603. The summed E-state index contributed by atoms with van der Waals surface area (Å²) >= 11 is 1.51. The molecular weight excluding hydrogens is 302 g/mol. The number of hydrogen-bond acceptors (Lipinski definition) is 5. The SMILES string of the molecule is COC12CC(=O)N1[C@@H](C(=O)OCc1ccccc1)C(C)(C)S2. The second-order valence-electron chi connectivity index (χ2n) is 6.06. The number of rotatable bonds is 4. The van der Waals surface area contributed by atoms with Gasteiger partial charge in [0.1, 0.15) is 12.6 Å². The van der Waals surface area contributed by atoms with Gasteiger partial charge in [-0.2, -0.15) is 0 Å². The van der Waals surface area contributed by atoms with E-state index >= 15 is 0 Å². The maximum absolute atomic E-state index is 12.5. The van der Waals surface area contributed by atoms with Crippen LogP contribution in [0.25, 0.3) is 0 Å². The number of carbonyl (C=O) groups excluding carboxylic acids is 2. The normalized spacial score (nSPS) is 29.0. The highest BCUT2D eigenvalue weighted by Gasteiger charge is 2.68. The van der Waals surface area contributed by atoms with E-state index in [0.717, 1.165) is 5.56 Å². The van der Waals surface area contributed by atoms with Crippen molar-refractivity contribution in [2.24, 2.45) is 0 Å². The number of hydrogen-bond donors (Lipinski definition) is 0. The second kappa shape index (κ2) is 5.28. The van der Waals surface area contributed by atoms with Gasteiger partial charge in [0.25, 0.3) is 0 Å². The highest BCUT2D eigenvalue weighted by molar-refractivity contribution is 8.02. The van der Waals surface area contributed by atoms with E-state index in [0.29, 0.717) is 6.42 Å². The molecule has 1 unspecified atom stereocenters. The molecule has 2 fully saturated rings. The lowest BCUT2D eigenvalue weighted by Gasteiger charge is -2.46. The third-order valence-corrected chi connectivity index (χ3v) is 5.69. The number of ether oxygens (including phenoxy) is 2. The van der Waals surface area contributed by atoms with Crippen LogP contribution in [0.2, 0.25) is 0 Å². The summed E-state index contributed by atoms with van der Waals surface area (Å²) in [6.45, 7) is 4.09. The summed E-state index contributed by atoms with van der Waals surface area (Å²) in [4.78, 5) is 26.1. The summed E-state index contributed by atoms with van der Waals surface area (Å²) in [6, 6.07) is 8.88. The van der Waals surface area contributed by atoms with Crippen LogP contribution in [0, 0.1) is 0 Å². The molecular formula is C16H19NO4S. The van der Waals surface area contributed by atoms with Crippen molar-refractivity contribution in [1.29, 1.82) is 0 Å². The highest BCUT2D eigenvalue weighted by Crippen LogP contribution is 2.58. The molecule has 0 N–H and O–H groups in total. The molecule has 6 heteroatoms. The molecule has 0 aliphatic carbocycles. The number of methoxy groups -OCH3 is 1. The van der Waals surface area contributed by atoms with Crippen LogP contribution in [0.1, 0.15) is 25.8 Å². The maximum atomic E-state index is 12.5. The minimum atomic E-state index is -0.711. The number of β-lactam (4-membered cyclic amide) rings is 1. The Hall–Kier alpha value is -1.53. The van der Waals surface area contributed by atoms with E-state index in [1.165, 1.54) is 16.7 Å². The number of thioether (sulfide) groups is 1. The van der Waals surface area contributed by atoms with E-state index in [1.54, 1.807) is 7.11 Å². The lowest BCUT2D eigenvalue weighted by atomic mass is 9.97. The fourth-order valence-corrected chi connectivity index (χ4v) is 4.79. The fourth-order valence-electron chi connectivity index (χ4n) is 3.07. The molecule has 0 aromatic heterocycles. The fraction of sp³-hybridized carbons (Fsp3) is 0.500. The molecule has 22 heavy (non-hydrogen) atoms. The molecule has 0 bridgehead atoms. The Balaban J connectivity index is 1.75. The van der Waals surface area contributed by atoms with Crippen LogP contribution in [0.3, 0.4) is 0 Å². The summed E-state index contributed by atoms with van der Waals surface area (Å²) in [7, 11) is 1.57. The van der Waals surface area contributed by atoms with Gasteiger partial charge in [-0.1, -0.05) is 42.1 Å². The third kappa shape index (κ3) is 2.30. The number of amides is 1. The van der Waals surface area contributed by atoms with Gasteiger partial charge in [0.05, 0.1) is 6.42 Å². The molecule has 2 aliphatic heterocycles. The van der Waals surface area contributed by atoms with Gasteiger partial charge in [-0.25, -0.2) is 4.79 Å². The molecule has 0 saturated carbocycles. The molecule has 1 aromatic rings. The van der Waals surface area contributed by atoms with Gasteiger partial charge in [-0.05, 0) is 19.4 Å². The summed E-state index contributed by atoms with van der Waals surface area (Å²) in [5.41, 5.74) is 0.923. The van der Waals surface area contributed by atoms with E-state index in [2.05, 4.69) is 0 Å². The number of nitrogens with zero attached hydrogens (tertiary/aromatic N) is 1. The van der Waals surface area contributed by atoms with E-state index in [9.17, 15) is 9.59 Å². The van der Waals surface area contributed by atoms with Gasteiger partial charge in [-0.15, -0.1) is 0 Å². The zero-order valence-electron chi connectivity index (χ0n) is 12.9. The first kappa shape index (κ1) is 15.4. The van der Waals surface area contributed by atoms with E-state index in [4.69, 9.17) is 9.47 Å². The van der Waals surface area contributed by atoms with Gasteiger partial charge < -0.3 is 9.47 Å². The summed E-state index contributed by atoms with van der Waals surface area (Å²) < 4.78 is 10.5. The summed E-state index contributed by atoms with van der Waals surface area (Å²) in [5, 5.41) is -0.711. The van der Waals surface area contributed by atoms with Crippen LogP contribution in [0.5, 0.6) is 0 Å². The second-order valence-corrected chi connectivity index (χ2v) is 7.95. The molecule has 2 atom stereocenters. The average Bonchev–Trinajstić information content (AvgIpc) is 2.69. The van der Waals surface area contributed by atoms with Crippen LogP contribution in [0.15, 0.2) is 30.3 Å². The Morgan fingerprint density at radius 3 is 2.64 bits per heavy atom. The van der Waals surface area contributed by atoms with E-state index in [1.807, 2.05) is 44.2 Å². The van der Waals surface area contributed by atoms with Crippen molar-refractivity contribution >= 4 is 23.6 Å². The number of fused-ring (bicyclic) bond motifs is 1. The van der Waals surface area contributed by atoms with Gasteiger partial charge in [-0.3, -0.25) is 9.69 Å². The first-order valence-corrected chi connectivity index (χ1v) is 7.99. The van der Waals surface area contributed by atoms with Crippen molar-refractivity contribution in [1.82, 2.24) is 4.90 Å². The van der Waals surface area contributed by atoms with Gasteiger partial charge in [0.15, 0.2) is 0 Å². The van der Waals surface area contributed by atoms with Crippen LogP contribution in [-0.2, 0) is 25.7 Å². The minimum absolute atomic E-state index is 0.0680. The Morgan fingerprint density at radius 2 is 2.05 bits per heavy atom. The molecule has 1 amide bonds. The third-order valence-electron chi connectivity index (χ3n) is 4.12. The minimum Gasteiger partial charge on any atom is -0.459 e. The van der Waals surface area contributed by atoms with Crippen molar-refractivity contribution in [3.63, 3.8) is 0 Å². The molecule has 1 aromatic carbocycles. The average molecular weight is 321 g/mol. The quantitative estimate of drug-likeness (QED) is 0.628. The summed E-state index contributed by atoms with van der Waals surface area (Å²) in [5.74, 6) is -0.449. The molecule has 3 rings (SSSR count). The summed E-state index contributed by atoms with van der Waals surface area (Å²) in [6.07, 6.45) is 0.306. The first-order valence-electron chi connectivity index (χ1n) is 7.18. The molecule has 2 saturated heterocycles. The molecule has 2 aliphatic rings. The van der Waals surface area contributed by atoms with Crippen molar-refractivity contribution in [2.75, 3.05) is 7.11 Å². The van der Waals surface area contributed by atoms with Crippen LogP contribution < -0.4 is 0 Å². The van der Waals surface area contributed by atoms with Crippen molar-refractivity contribution in [2.45, 2.75) is 42.7 Å². The zero-order valence-corrected chi connectivity index (χ0v) is 13.7. The number of esters is 1. The predicted molar refractivity (Wildman–Crippen MR) is 82.9 cm³/mol. The van der Waals surface area contributed by atoms with Crippen LogP contribution in [-0.4, -0.2) is 39.7 Å². The van der Waals surface area contributed by atoms with E-state index in [-0.39, 0.29) is 18.5 Å². The topological polar surface area (TPSA) is 55.8 Å². The van der Waals surface area contributed by atoms with Crippen molar-refractivity contribution in [3.05, 3.63) is 35.9 Å². The smallest absolute Gasteiger partial charge is 0.330 e. The Labute approximate surface area is 134 Å². The lowest BCUT2D eigenvalue weighted by molar-refractivity contribution is -0.191. The maximum Gasteiger partial charge on any atom is 0.330 e. The van der Waals surface area contributed by atoms with Crippen molar-refractivity contribution < 1.29 is 19.1 Å². The van der Waals surface area contributed by atoms with Crippen LogP contribution in [0.4, 0.5) is 0 Å². The molecule has 0 radical (unpaired) electrons. The molecule has 2 heterocycles. The molecule has 5 nitrogen and oxygen atoms in total. The van der Waals surface area contributed by atoms with Gasteiger partial charge in [0.2, 0.25) is 11.0 Å². The van der Waals surface area contributed by atoms with E-state index < -0.39 is 15.8 Å². The Kier molecular flexibility index (Phi) is 3.69. The van der Waals surface area contributed by atoms with Crippen LogP contribution >= 0.6 is 11.8 Å². The number of benzene rings is 1. The largest absolute Gasteiger partial charge is 0.459 e. The first-order chi connectivity index (χ1) is 10.4. The standard InChI is InChI=1S/C16H19NO4S/c1-15(2)13(17-12(18)9-16(17,20-3)22-15)14(19)21-10-11-7-5-4-6-8-11/h4-8,13H,9-10H2,1-3H3/t13-,16?/m0/s1. The highest BCUT2D eigenvalue weighted by atomic mass is 32.2. The molecule has 0 spiro atoms. The number of carbonyl (C=O) groups is 2. The van der Waals surface area contributed by atoms with Gasteiger partial charge in [0, 0.05) is 11.9 Å². The zero-order chi connectivity index (χ0) is 16.0. The Morgan fingerprint density at radius 1 is 1.36 bits per heavy atom. The lowest BCUT2D eigenvalue weighted by Crippen LogP contribution is -2.64. The van der Waals surface area contributed by atoms with Gasteiger partial charge >= 0.3 is 5.97 Å². The van der Waals surface area contributed by atoms with Crippen molar-refractivity contribution in [3.8, 4) is 0 Å². The monoisotopic (exact) mass is 321 g/mol.